The molecule has 6 nitrogen and oxygen atoms in total. The van der Waals surface area contributed by atoms with E-state index in [4.69, 9.17) is 13.9 Å². The second-order valence-corrected chi connectivity index (χ2v) is 6.56. The molecule has 0 radical (unpaired) electrons. The summed E-state index contributed by atoms with van der Waals surface area (Å²) in [5.74, 6) is -0.255. The minimum atomic E-state index is -0.392. The number of nitrogens with zero attached hydrogens (tertiary/aromatic N) is 1. The molecule has 0 amide bonds. The summed E-state index contributed by atoms with van der Waals surface area (Å²) in [7, 11) is 0. The number of fused-ring (bicyclic) bond motifs is 1. The van der Waals surface area contributed by atoms with Crippen LogP contribution in [0.15, 0.2) is 27.4 Å². The second-order valence-electron chi connectivity index (χ2n) is 6.56. The number of hydrogen-bond donors (Lipinski definition) is 1. The van der Waals surface area contributed by atoms with Crippen LogP contribution in [-0.2, 0) is 16.0 Å². The van der Waals surface area contributed by atoms with Crippen LogP contribution in [0, 0.1) is 6.92 Å². The Morgan fingerprint density at radius 2 is 1.92 bits per heavy atom. The first-order valence-corrected chi connectivity index (χ1v) is 8.32. The Bertz CT molecular complexity index is 812. The predicted molar refractivity (Wildman–Crippen MR) is 88.0 cm³/mol. The monoisotopic (exact) mass is 331 g/mol. The van der Waals surface area contributed by atoms with E-state index in [0.717, 1.165) is 36.9 Å². The van der Waals surface area contributed by atoms with Crippen molar-refractivity contribution >= 4 is 11.0 Å². The van der Waals surface area contributed by atoms with Gasteiger partial charge in [0.05, 0.1) is 13.2 Å². The number of rotatable bonds is 2. The molecule has 0 aliphatic carbocycles. The molecule has 2 aliphatic rings. The fourth-order valence-electron chi connectivity index (χ4n) is 3.62. The van der Waals surface area contributed by atoms with E-state index >= 15 is 0 Å². The number of aromatic hydroxyl groups is 1. The molecule has 1 spiro atoms. The highest BCUT2D eigenvalue weighted by molar-refractivity contribution is 5.84. The topological polar surface area (TPSA) is 72.1 Å². The van der Waals surface area contributed by atoms with Gasteiger partial charge in [-0.3, -0.25) is 4.90 Å². The fourth-order valence-corrected chi connectivity index (χ4v) is 3.62. The van der Waals surface area contributed by atoms with Crippen LogP contribution in [0.4, 0.5) is 0 Å². The summed E-state index contributed by atoms with van der Waals surface area (Å²) in [5, 5.41) is 10.7. The lowest BCUT2D eigenvalue weighted by Gasteiger charge is -2.37. The van der Waals surface area contributed by atoms with Gasteiger partial charge in [-0.15, -0.1) is 0 Å². The van der Waals surface area contributed by atoms with Crippen LogP contribution in [0.25, 0.3) is 11.0 Å². The first-order chi connectivity index (χ1) is 11.6. The van der Waals surface area contributed by atoms with E-state index in [1.165, 1.54) is 0 Å². The maximum atomic E-state index is 11.9. The molecule has 0 atom stereocenters. The Morgan fingerprint density at radius 3 is 2.62 bits per heavy atom. The van der Waals surface area contributed by atoms with Crippen molar-refractivity contribution in [3.63, 3.8) is 0 Å². The summed E-state index contributed by atoms with van der Waals surface area (Å²) in [6.45, 7) is 5.49. The maximum absolute atomic E-state index is 11.9. The van der Waals surface area contributed by atoms with Crippen molar-refractivity contribution < 1.29 is 19.0 Å². The number of phenolic OH excluding ortho intramolecular Hbond substituents is 1. The van der Waals surface area contributed by atoms with Crippen LogP contribution in [0.5, 0.6) is 5.75 Å². The number of hydrogen-bond acceptors (Lipinski definition) is 6. The summed E-state index contributed by atoms with van der Waals surface area (Å²) in [6, 6.07) is 5.00. The SMILES string of the molecule is Cc1c(O)ccc2c(CN3CCC4(CC3)OCCO4)cc(=O)oc12. The fraction of sp³-hybridized carbons (Fsp3) is 0.500. The van der Waals surface area contributed by atoms with Gasteiger partial charge in [-0.05, 0) is 24.6 Å². The van der Waals surface area contributed by atoms with Gasteiger partial charge in [0.2, 0.25) is 0 Å². The maximum Gasteiger partial charge on any atom is 0.336 e. The molecule has 3 heterocycles. The molecule has 128 valence electrons. The van der Waals surface area contributed by atoms with Crippen LogP contribution in [0.1, 0.15) is 24.0 Å². The number of benzene rings is 1. The van der Waals surface area contributed by atoms with Gasteiger partial charge < -0.3 is 19.0 Å². The molecular formula is C18H21NO5. The summed E-state index contributed by atoms with van der Waals surface area (Å²) < 4.78 is 16.8. The van der Waals surface area contributed by atoms with E-state index in [2.05, 4.69) is 4.90 Å². The number of phenols is 1. The summed E-state index contributed by atoms with van der Waals surface area (Å²) in [5.41, 5.74) is 1.60. The van der Waals surface area contributed by atoms with Gasteiger partial charge in [-0.25, -0.2) is 4.79 Å². The first kappa shape index (κ1) is 15.6. The molecule has 2 saturated heterocycles. The molecule has 0 saturated carbocycles. The Kier molecular flexibility index (Phi) is 3.83. The van der Waals surface area contributed by atoms with Crippen molar-refractivity contribution in [2.24, 2.45) is 0 Å². The minimum absolute atomic E-state index is 0.137. The van der Waals surface area contributed by atoms with Crippen molar-refractivity contribution in [2.75, 3.05) is 26.3 Å². The van der Waals surface area contributed by atoms with Crippen LogP contribution >= 0.6 is 0 Å². The molecular weight excluding hydrogens is 310 g/mol. The van der Waals surface area contributed by atoms with E-state index in [9.17, 15) is 9.90 Å². The molecule has 1 aromatic heterocycles. The molecule has 0 bridgehead atoms. The van der Waals surface area contributed by atoms with Crippen molar-refractivity contribution in [3.05, 3.63) is 39.7 Å². The standard InChI is InChI=1S/C18H21NO5/c1-12-15(20)3-2-14-13(10-16(21)24-17(12)14)11-19-6-4-18(5-7-19)22-8-9-23-18/h2-3,10,20H,4-9,11H2,1H3. The lowest BCUT2D eigenvalue weighted by Crippen LogP contribution is -2.44. The molecule has 1 N–H and O–H groups in total. The van der Waals surface area contributed by atoms with Crippen LogP contribution in [0.2, 0.25) is 0 Å². The van der Waals surface area contributed by atoms with Crippen molar-refractivity contribution in [1.82, 2.24) is 4.90 Å². The van der Waals surface area contributed by atoms with Gasteiger partial charge in [-0.1, -0.05) is 0 Å². The van der Waals surface area contributed by atoms with Crippen molar-refractivity contribution in [3.8, 4) is 5.75 Å². The van der Waals surface area contributed by atoms with Gasteiger partial charge in [0.25, 0.3) is 0 Å². The predicted octanol–water partition coefficient (Wildman–Crippen LogP) is 2.15. The van der Waals surface area contributed by atoms with Crippen molar-refractivity contribution in [1.29, 1.82) is 0 Å². The zero-order valence-corrected chi connectivity index (χ0v) is 13.7. The Hall–Kier alpha value is -1.89. The lowest BCUT2D eigenvalue weighted by molar-refractivity contribution is -0.185. The quantitative estimate of drug-likeness (QED) is 0.850. The van der Waals surface area contributed by atoms with Gasteiger partial charge in [0.15, 0.2) is 5.79 Å². The molecule has 2 fully saturated rings. The van der Waals surface area contributed by atoms with Gasteiger partial charge in [-0.2, -0.15) is 0 Å². The number of likely N-dealkylation sites (tertiary alicyclic amines) is 1. The molecule has 0 unspecified atom stereocenters. The van der Waals surface area contributed by atoms with E-state index in [-0.39, 0.29) is 11.4 Å². The number of aryl methyl sites for hydroxylation is 1. The van der Waals surface area contributed by atoms with Gasteiger partial charge in [0, 0.05) is 49.5 Å². The minimum Gasteiger partial charge on any atom is -0.508 e. The third-order valence-corrected chi connectivity index (χ3v) is 5.04. The largest absolute Gasteiger partial charge is 0.508 e. The Labute approximate surface area is 139 Å². The highest BCUT2D eigenvalue weighted by Gasteiger charge is 2.39. The third kappa shape index (κ3) is 2.70. The van der Waals surface area contributed by atoms with Crippen LogP contribution < -0.4 is 5.63 Å². The van der Waals surface area contributed by atoms with Crippen molar-refractivity contribution in [2.45, 2.75) is 32.1 Å². The van der Waals surface area contributed by atoms with Crippen LogP contribution in [-0.4, -0.2) is 42.1 Å². The summed E-state index contributed by atoms with van der Waals surface area (Å²) in [4.78, 5) is 14.2. The lowest BCUT2D eigenvalue weighted by atomic mass is 10.0. The zero-order valence-electron chi connectivity index (χ0n) is 13.7. The van der Waals surface area contributed by atoms with Gasteiger partial charge >= 0.3 is 5.63 Å². The summed E-state index contributed by atoms with van der Waals surface area (Å²) in [6.07, 6.45) is 1.68. The van der Waals surface area contributed by atoms with Crippen LogP contribution in [0.3, 0.4) is 0 Å². The second kappa shape index (κ2) is 5.88. The van der Waals surface area contributed by atoms with E-state index < -0.39 is 5.79 Å². The normalized spacial score (nSPS) is 20.9. The van der Waals surface area contributed by atoms with E-state index in [0.29, 0.717) is 30.9 Å². The first-order valence-electron chi connectivity index (χ1n) is 8.32. The summed E-state index contributed by atoms with van der Waals surface area (Å²) >= 11 is 0. The smallest absolute Gasteiger partial charge is 0.336 e. The highest BCUT2D eigenvalue weighted by atomic mass is 16.7. The Morgan fingerprint density at radius 1 is 1.21 bits per heavy atom. The average molecular weight is 331 g/mol. The molecule has 6 heteroatoms. The molecule has 24 heavy (non-hydrogen) atoms. The highest BCUT2D eigenvalue weighted by Crippen LogP contribution is 2.33. The number of piperidine rings is 1. The Balaban J connectivity index is 1.59. The third-order valence-electron chi connectivity index (χ3n) is 5.04. The zero-order chi connectivity index (χ0) is 16.7. The van der Waals surface area contributed by atoms with E-state index in [1.807, 2.05) is 6.07 Å². The molecule has 1 aromatic carbocycles. The van der Waals surface area contributed by atoms with E-state index in [1.54, 1.807) is 19.1 Å². The number of ether oxygens (including phenoxy) is 2. The van der Waals surface area contributed by atoms with Gasteiger partial charge in [0.1, 0.15) is 11.3 Å². The molecule has 2 aromatic rings. The average Bonchev–Trinajstić information content (AvgIpc) is 3.02. The molecule has 4 rings (SSSR count). The molecule has 2 aliphatic heterocycles.